The number of rotatable bonds is 4. The Bertz CT molecular complexity index is 847. The van der Waals surface area contributed by atoms with Crippen molar-refractivity contribution in [3.63, 3.8) is 0 Å². The van der Waals surface area contributed by atoms with Crippen molar-refractivity contribution in [1.82, 2.24) is 0 Å². The molecule has 0 fully saturated rings. The zero-order valence-electron chi connectivity index (χ0n) is 14.1. The number of imide groups is 1. The number of aliphatic imine (C=N–C) groups is 1. The Morgan fingerprint density at radius 2 is 1.96 bits per heavy atom. The van der Waals surface area contributed by atoms with Crippen molar-refractivity contribution < 1.29 is 9.59 Å². The fourth-order valence-corrected chi connectivity index (χ4v) is 2.98. The lowest BCUT2D eigenvalue weighted by atomic mass is 9.89. The molecule has 0 saturated carbocycles. The fourth-order valence-electron chi connectivity index (χ4n) is 2.80. The SMILES string of the molecule is CC[C@@H](C)N=CC1C(=O)N(c2cccc(Cl)c2)C(=O)c2ccccc21. The first-order valence-electron chi connectivity index (χ1n) is 8.29. The first-order chi connectivity index (χ1) is 12.0. The number of carbonyl (C=O) groups excluding carboxylic acids is 2. The lowest BCUT2D eigenvalue weighted by Crippen LogP contribution is -2.45. The van der Waals surface area contributed by atoms with Gasteiger partial charge in [-0.05, 0) is 43.2 Å². The van der Waals surface area contributed by atoms with Crippen molar-refractivity contribution in [2.24, 2.45) is 4.99 Å². The van der Waals surface area contributed by atoms with Gasteiger partial charge in [0.15, 0.2) is 0 Å². The zero-order chi connectivity index (χ0) is 18.0. The second-order valence-electron chi connectivity index (χ2n) is 6.08. The first-order valence-corrected chi connectivity index (χ1v) is 8.66. The minimum atomic E-state index is -0.582. The summed E-state index contributed by atoms with van der Waals surface area (Å²) in [7, 11) is 0. The fraction of sp³-hybridized carbons (Fsp3) is 0.250. The minimum absolute atomic E-state index is 0.122. The molecule has 1 aliphatic rings. The Morgan fingerprint density at radius 3 is 2.68 bits per heavy atom. The lowest BCUT2D eigenvalue weighted by Gasteiger charge is -2.31. The van der Waals surface area contributed by atoms with E-state index in [1.165, 1.54) is 4.90 Å². The van der Waals surface area contributed by atoms with Gasteiger partial charge in [0.05, 0.1) is 11.6 Å². The van der Waals surface area contributed by atoms with E-state index >= 15 is 0 Å². The summed E-state index contributed by atoms with van der Waals surface area (Å²) in [6.45, 7) is 4.04. The van der Waals surface area contributed by atoms with E-state index in [2.05, 4.69) is 4.99 Å². The molecule has 25 heavy (non-hydrogen) atoms. The average Bonchev–Trinajstić information content (AvgIpc) is 2.61. The predicted octanol–water partition coefficient (Wildman–Crippen LogP) is 4.48. The molecule has 3 rings (SSSR count). The summed E-state index contributed by atoms with van der Waals surface area (Å²) in [6.07, 6.45) is 2.55. The molecule has 1 unspecified atom stereocenters. The Balaban J connectivity index is 2.10. The Labute approximate surface area is 152 Å². The molecule has 0 radical (unpaired) electrons. The van der Waals surface area contributed by atoms with Crippen molar-refractivity contribution in [2.45, 2.75) is 32.2 Å². The highest BCUT2D eigenvalue weighted by Crippen LogP contribution is 2.32. The van der Waals surface area contributed by atoms with Gasteiger partial charge >= 0.3 is 0 Å². The van der Waals surface area contributed by atoms with Crippen molar-refractivity contribution in [3.05, 3.63) is 64.7 Å². The molecule has 0 saturated heterocycles. The smallest absolute Gasteiger partial charge is 0.265 e. The highest BCUT2D eigenvalue weighted by molar-refractivity contribution is 6.32. The second kappa shape index (κ2) is 7.19. The quantitative estimate of drug-likeness (QED) is 0.600. The van der Waals surface area contributed by atoms with E-state index in [4.69, 9.17) is 11.6 Å². The standard InChI is InChI=1S/C20H19ClN2O2/c1-3-13(2)22-12-18-16-9-4-5-10-17(16)19(24)23(20(18)25)15-8-6-7-14(21)11-15/h4-13,18H,3H2,1-2H3/t13-,18?/m1/s1. The van der Waals surface area contributed by atoms with Crippen molar-refractivity contribution >= 4 is 35.3 Å². The number of hydrogen-bond donors (Lipinski definition) is 0. The van der Waals surface area contributed by atoms with Crippen LogP contribution >= 0.6 is 11.6 Å². The Morgan fingerprint density at radius 1 is 1.20 bits per heavy atom. The van der Waals surface area contributed by atoms with E-state index in [0.29, 0.717) is 21.8 Å². The normalized spacial score (nSPS) is 18.5. The average molecular weight is 355 g/mol. The Kier molecular flexibility index (Phi) is 5.00. The van der Waals surface area contributed by atoms with Gasteiger partial charge in [0.2, 0.25) is 5.91 Å². The number of benzene rings is 2. The molecule has 4 nitrogen and oxygen atoms in total. The molecule has 5 heteroatoms. The van der Waals surface area contributed by atoms with Crippen LogP contribution in [0.2, 0.25) is 5.02 Å². The summed E-state index contributed by atoms with van der Waals surface area (Å²) in [5, 5.41) is 0.474. The van der Waals surface area contributed by atoms with Gasteiger partial charge in [-0.25, -0.2) is 4.90 Å². The van der Waals surface area contributed by atoms with E-state index in [-0.39, 0.29) is 17.9 Å². The van der Waals surface area contributed by atoms with Crippen LogP contribution < -0.4 is 4.90 Å². The molecule has 2 amide bonds. The third-order valence-electron chi connectivity index (χ3n) is 4.36. The zero-order valence-corrected chi connectivity index (χ0v) is 14.9. The van der Waals surface area contributed by atoms with E-state index in [0.717, 1.165) is 6.42 Å². The minimum Gasteiger partial charge on any atom is -0.293 e. The molecule has 1 heterocycles. The second-order valence-corrected chi connectivity index (χ2v) is 6.52. The van der Waals surface area contributed by atoms with Crippen LogP contribution in [0.25, 0.3) is 0 Å². The van der Waals surface area contributed by atoms with E-state index in [1.54, 1.807) is 42.6 Å². The summed E-state index contributed by atoms with van der Waals surface area (Å²) >= 11 is 6.04. The first kappa shape index (κ1) is 17.4. The van der Waals surface area contributed by atoms with E-state index < -0.39 is 5.92 Å². The van der Waals surface area contributed by atoms with Crippen molar-refractivity contribution in [2.75, 3.05) is 4.90 Å². The third-order valence-corrected chi connectivity index (χ3v) is 4.60. The molecule has 1 aliphatic heterocycles. The van der Waals surface area contributed by atoms with Crippen LogP contribution in [0.3, 0.4) is 0 Å². The van der Waals surface area contributed by atoms with Gasteiger partial charge < -0.3 is 0 Å². The largest absolute Gasteiger partial charge is 0.293 e. The van der Waals surface area contributed by atoms with Crippen LogP contribution in [0.15, 0.2) is 53.5 Å². The molecule has 128 valence electrons. The van der Waals surface area contributed by atoms with Crippen molar-refractivity contribution in [3.8, 4) is 0 Å². The van der Waals surface area contributed by atoms with Gasteiger partial charge in [0.1, 0.15) is 0 Å². The molecular weight excluding hydrogens is 336 g/mol. The van der Waals surface area contributed by atoms with Crippen LogP contribution in [-0.4, -0.2) is 24.1 Å². The van der Waals surface area contributed by atoms with Crippen LogP contribution in [0.1, 0.15) is 42.1 Å². The van der Waals surface area contributed by atoms with Crippen LogP contribution in [0, 0.1) is 0 Å². The molecule has 0 spiro atoms. The van der Waals surface area contributed by atoms with Gasteiger partial charge in [-0.2, -0.15) is 0 Å². The van der Waals surface area contributed by atoms with E-state index in [1.807, 2.05) is 26.0 Å². The maximum absolute atomic E-state index is 13.1. The molecule has 2 aromatic rings. The Hall–Kier alpha value is -2.46. The number of amides is 2. The maximum Gasteiger partial charge on any atom is 0.265 e. The van der Waals surface area contributed by atoms with Gasteiger partial charge in [-0.3, -0.25) is 14.6 Å². The highest BCUT2D eigenvalue weighted by atomic mass is 35.5. The monoisotopic (exact) mass is 354 g/mol. The number of anilines is 1. The molecule has 2 atom stereocenters. The third kappa shape index (κ3) is 3.35. The molecular formula is C20H19ClN2O2. The number of carbonyl (C=O) groups is 2. The molecule has 2 aromatic carbocycles. The topological polar surface area (TPSA) is 49.7 Å². The summed E-state index contributed by atoms with van der Waals surface area (Å²) in [4.78, 5) is 31.7. The van der Waals surface area contributed by atoms with Crippen LogP contribution in [0.4, 0.5) is 5.69 Å². The number of halogens is 1. The number of fused-ring (bicyclic) bond motifs is 1. The predicted molar refractivity (Wildman–Crippen MR) is 101 cm³/mol. The number of hydrogen-bond acceptors (Lipinski definition) is 3. The van der Waals surface area contributed by atoms with Crippen LogP contribution in [-0.2, 0) is 4.79 Å². The highest BCUT2D eigenvalue weighted by Gasteiger charge is 2.38. The number of nitrogens with zero attached hydrogens (tertiary/aromatic N) is 2. The van der Waals surface area contributed by atoms with E-state index in [9.17, 15) is 9.59 Å². The van der Waals surface area contributed by atoms with Gasteiger partial charge in [-0.15, -0.1) is 0 Å². The lowest BCUT2D eigenvalue weighted by molar-refractivity contribution is -0.118. The van der Waals surface area contributed by atoms with Crippen LogP contribution in [0.5, 0.6) is 0 Å². The molecule has 0 aromatic heterocycles. The summed E-state index contributed by atoms with van der Waals surface area (Å²) in [5.41, 5.74) is 1.68. The van der Waals surface area contributed by atoms with Gasteiger partial charge in [0, 0.05) is 22.8 Å². The van der Waals surface area contributed by atoms with Crippen molar-refractivity contribution in [1.29, 1.82) is 0 Å². The van der Waals surface area contributed by atoms with Gasteiger partial charge in [-0.1, -0.05) is 42.8 Å². The molecule has 0 aliphatic carbocycles. The molecule has 0 bridgehead atoms. The maximum atomic E-state index is 13.1. The summed E-state index contributed by atoms with van der Waals surface area (Å²) < 4.78 is 0. The molecule has 0 N–H and O–H groups in total. The summed E-state index contributed by atoms with van der Waals surface area (Å²) in [5.74, 6) is -1.23. The summed E-state index contributed by atoms with van der Waals surface area (Å²) in [6, 6.07) is 14.1. The van der Waals surface area contributed by atoms with Gasteiger partial charge in [0.25, 0.3) is 5.91 Å².